The molecule has 128 valence electrons. The largest absolute Gasteiger partial charge is 0.486 e. The number of nitrogens with one attached hydrogen (secondary N) is 2. The number of fused-ring (bicyclic) bond motifs is 1. The molecule has 1 aromatic carbocycles. The van der Waals surface area contributed by atoms with E-state index in [0.717, 1.165) is 40.9 Å². The van der Waals surface area contributed by atoms with Crippen LogP contribution in [0.4, 0.5) is 0 Å². The van der Waals surface area contributed by atoms with Gasteiger partial charge in [0.05, 0.1) is 6.04 Å². The summed E-state index contributed by atoms with van der Waals surface area (Å²) in [5, 5.41) is 6.41. The first-order valence-electron chi connectivity index (χ1n) is 7.75. The molecule has 7 heteroatoms. The third kappa shape index (κ3) is 4.52. The third-order valence-corrected chi connectivity index (χ3v) is 4.79. The molecule has 0 spiro atoms. The average molecular weight is 406 g/mol. The fourth-order valence-corrected chi connectivity index (χ4v) is 3.61. The SMILES string of the molecule is CC(NC(=O)CC1CCCN1)c1cc2c(cc1Br)OCCO2.Cl. The monoisotopic (exact) mass is 404 g/mol. The highest BCUT2D eigenvalue weighted by Gasteiger charge is 2.21. The van der Waals surface area contributed by atoms with Crippen molar-refractivity contribution in [3.8, 4) is 11.5 Å². The summed E-state index contributed by atoms with van der Waals surface area (Å²) in [6, 6.07) is 4.08. The van der Waals surface area contributed by atoms with Gasteiger partial charge in [-0.2, -0.15) is 0 Å². The predicted octanol–water partition coefficient (Wildman–Crippen LogP) is 2.96. The molecule has 0 saturated carbocycles. The standard InChI is InChI=1S/C16H21BrN2O3.ClH/c1-10(19-16(20)7-11-3-2-4-18-11)12-8-14-15(9-13(12)17)22-6-5-21-14;/h8-11,18H,2-7H2,1H3,(H,19,20);1H. The Kier molecular flexibility index (Phi) is 6.56. The summed E-state index contributed by atoms with van der Waals surface area (Å²) in [7, 11) is 0. The summed E-state index contributed by atoms with van der Waals surface area (Å²) >= 11 is 3.55. The van der Waals surface area contributed by atoms with Gasteiger partial charge in [-0.1, -0.05) is 15.9 Å². The molecule has 2 atom stereocenters. The van der Waals surface area contributed by atoms with Crippen LogP contribution >= 0.6 is 28.3 Å². The first-order chi connectivity index (χ1) is 10.6. The van der Waals surface area contributed by atoms with E-state index in [1.165, 1.54) is 0 Å². The van der Waals surface area contributed by atoms with Crippen molar-refractivity contribution in [2.75, 3.05) is 19.8 Å². The minimum Gasteiger partial charge on any atom is -0.486 e. The molecule has 2 aliphatic rings. The number of benzene rings is 1. The van der Waals surface area contributed by atoms with Gasteiger partial charge in [0.25, 0.3) is 0 Å². The number of halogens is 2. The van der Waals surface area contributed by atoms with Gasteiger partial charge in [-0.15, -0.1) is 12.4 Å². The molecule has 0 aromatic heterocycles. The van der Waals surface area contributed by atoms with E-state index < -0.39 is 0 Å². The molecule has 1 fully saturated rings. The molecular weight excluding hydrogens is 384 g/mol. The van der Waals surface area contributed by atoms with Crippen LogP contribution in [0.15, 0.2) is 16.6 Å². The van der Waals surface area contributed by atoms with Crippen molar-refractivity contribution in [3.05, 3.63) is 22.2 Å². The Morgan fingerprint density at radius 2 is 2.09 bits per heavy atom. The fraction of sp³-hybridized carbons (Fsp3) is 0.562. The molecule has 1 saturated heterocycles. The maximum absolute atomic E-state index is 12.2. The molecule has 0 radical (unpaired) electrons. The number of amides is 1. The zero-order chi connectivity index (χ0) is 15.5. The van der Waals surface area contributed by atoms with E-state index in [-0.39, 0.29) is 24.4 Å². The van der Waals surface area contributed by atoms with Crippen molar-refractivity contribution in [2.24, 2.45) is 0 Å². The maximum Gasteiger partial charge on any atom is 0.222 e. The molecule has 1 aromatic rings. The van der Waals surface area contributed by atoms with Crippen molar-refractivity contribution >= 4 is 34.2 Å². The van der Waals surface area contributed by atoms with Gasteiger partial charge in [-0.3, -0.25) is 4.79 Å². The molecule has 0 bridgehead atoms. The van der Waals surface area contributed by atoms with Crippen LogP contribution in [0.1, 0.15) is 37.8 Å². The highest BCUT2D eigenvalue weighted by molar-refractivity contribution is 9.10. The summed E-state index contributed by atoms with van der Waals surface area (Å²) in [6.45, 7) is 4.12. The molecule has 2 aliphatic heterocycles. The quantitative estimate of drug-likeness (QED) is 0.808. The fourth-order valence-electron chi connectivity index (χ4n) is 2.94. The van der Waals surface area contributed by atoms with Crippen molar-refractivity contribution in [1.29, 1.82) is 0 Å². The zero-order valence-corrected chi connectivity index (χ0v) is 15.5. The van der Waals surface area contributed by atoms with Crippen LogP contribution in [0.2, 0.25) is 0 Å². The van der Waals surface area contributed by atoms with Gasteiger partial charge < -0.3 is 20.1 Å². The molecular formula is C16H22BrClN2O3. The van der Waals surface area contributed by atoms with Crippen LogP contribution in [0, 0.1) is 0 Å². The zero-order valence-electron chi connectivity index (χ0n) is 13.1. The van der Waals surface area contributed by atoms with Gasteiger partial charge >= 0.3 is 0 Å². The second-order valence-electron chi connectivity index (χ2n) is 5.80. The Hall–Kier alpha value is -0.980. The van der Waals surface area contributed by atoms with Crippen LogP contribution in [0.25, 0.3) is 0 Å². The lowest BCUT2D eigenvalue weighted by atomic mass is 10.1. The lowest BCUT2D eigenvalue weighted by Crippen LogP contribution is -2.33. The minimum absolute atomic E-state index is 0. The summed E-state index contributed by atoms with van der Waals surface area (Å²) in [5.74, 6) is 1.56. The van der Waals surface area contributed by atoms with E-state index in [0.29, 0.717) is 25.7 Å². The van der Waals surface area contributed by atoms with E-state index in [9.17, 15) is 4.79 Å². The highest BCUT2D eigenvalue weighted by atomic mass is 79.9. The smallest absolute Gasteiger partial charge is 0.222 e. The van der Waals surface area contributed by atoms with Crippen molar-refractivity contribution in [2.45, 2.75) is 38.3 Å². The van der Waals surface area contributed by atoms with Crippen molar-refractivity contribution in [1.82, 2.24) is 10.6 Å². The van der Waals surface area contributed by atoms with Crippen LogP contribution in [0.5, 0.6) is 11.5 Å². The highest BCUT2D eigenvalue weighted by Crippen LogP contribution is 2.37. The van der Waals surface area contributed by atoms with E-state index >= 15 is 0 Å². The van der Waals surface area contributed by atoms with Gasteiger partial charge in [0, 0.05) is 16.9 Å². The summed E-state index contributed by atoms with van der Waals surface area (Å²) < 4.78 is 12.1. The van der Waals surface area contributed by atoms with Crippen LogP contribution < -0.4 is 20.1 Å². The molecule has 0 aliphatic carbocycles. The third-order valence-electron chi connectivity index (χ3n) is 4.10. The molecule has 2 heterocycles. The maximum atomic E-state index is 12.2. The number of hydrogen-bond acceptors (Lipinski definition) is 4. The molecule has 23 heavy (non-hydrogen) atoms. The number of hydrogen-bond donors (Lipinski definition) is 2. The lowest BCUT2D eigenvalue weighted by molar-refractivity contribution is -0.122. The number of carbonyl (C=O) groups excluding carboxylic acids is 1. The summed E-state index contributed by atoms with van der Waals surface area (Å²) in [4.78, 5) is 12.2. The number of carbonyl (C=O) groups is 1. The van der Waals surface area contributed by atoms with E-state index in [1.54, 1.807) is 0 Å². The van der Waals surface area contributed by atoms with E-state index in [4.69, 9.17) is 9.47 Å². The summed E-state index contributed by atoms with van der Waals surface area (Å²) in [6.07, 6.45) is 2.77. The molecule has 2 N–H and O–H groups in total. The Bertz CT molecular complexity index is 565. The topological polar surface area (TPSA) is 59.6 Å². The van der Waals surface area contributed by atoms with Crippen molar-refractivity contribution < 1.29 is 14.3 Å². The predicted molar refractivity (Wildman–Crippen MR) is 94.6 cm³/mol. The molecule has 3 rings (SSSR count). The van der Waals surface area contributed by atoms with Gasteiger partial charge in [0.15, 0.2) is 11.5 Å². The minimum atomic E-state index is -0.0842. The Morgan fingerprint density at radius 1 is 1.39 bits per heavy atom. The van der Waals surface area contributed by atoms with Crippen LogP contribution in [-0.4, -0.2) is 31.7 Å². The Labute approximate surface area is 151 Å². The molecule has 2 unspecified atom stereocenters. The Morgan fingerprint density at radius 3 is 2.74 bits per heavy atom. The van der Waals surface area contributed by atoms with Crippen molar-refractivity contribution in [3.63, 3.8) is 0 Å². The molecule has 5 nitrogen and oxygen atoms in total. The van der Waals surface area contributed by atoms with Crippen LogP contribution in [-0.2, 0) is 4.79 Å². The number of ether oxygens (including phenoxy) is 2. The van der Waals surface area contributed by atoms with Gasteiger partial charge in [0.2, 0.25) is 5.91 Å². The Balaban J connectivity index is 0.00000192. The lowest BCUT2D eigenvalue weighted by Gasteiger charge is -2.23. The normalized spacial score (nSPS) is 20.5. The number of rotatable bonds is 4. The first kappa shape index (κ1) is 18.4. The van der Waals surface area contributed by atoms with Gasteiger partial charge in [0.1, 0.15) is 13.2 Å². The second kappa shape index (κ2) is 8.22. The van der Waals surface area contributed by atoms with E-state index in [2.05, 4.69) is 26.6 Å². The second-order valence-corrected chi connectivity index (χ2v) is 6.66. The summed E-state index contributed by atoms with van der Waals surface area (Å²) in [5.41, 5.74) is 0.997. The van der Waals surface area contributed by atoms with Crippen LogP contribution in [0.3, 0.4) is 0 Å². The average Bonchev–Trinajstić information content (AvgIpc) is 2.99. The molecule has 1 amide bonds. The van der Waals surface area contributed by atoms with Gasteiger partial charge in [-0.25, -0.2) is 0 Å². The van der Waals surface area contributed by atoms with Gasteiger partial charge in [-0.05, 0) is 44.0 Å². The van der Waals surface area contributed by atoms with E-state index in [1.807, 2.05) is 19.1 Å². The first-order valence-corrected chi connectivity index (χ1v) is 8.54.